The zero-order valence-corrected chi connectivity index (χ0v) is 17.0. The van der Waals surface area contributed by atoms with Gasteiger partial charge in [-0.2, -0.15) is 0 Å². The van der Waals surface area contributed by atoms with Crippen molar-refractivity contribution in [1.82, 2.24) is 10.3 Å². The molecule has 1 heterocycles. The minimum Gasteiger partial charge on any atom is -0.493 e. The van der Waals surface area contributed by atoms with Crippen LogP contribution in [0.15, 0.2) is 48.7 Å². The fourth-order valence-corrected chi connectivity index (χ4v) is 3.26. The number of benzene rings is 2. The summed E-state index contributed by atoms with van der Waals surface area (Å²) >= 11 is 0. The SMILES string of the molecule is COc1cc(/C=C/C(=O)NCCCc2c[nH]c3ccccc23)cc(OC)c1OC. The topological polar surface area (TPSA) is 72.6 Å². The molecule has 0 saturated carbocycles. The van der Waals surface area contributed by atoms with Gasteiger partial charge < -0.3 is 24.5 Å². The molecule has 3 aromatic rings. The molecule has 6 nitrogen and oxygen atoms in total. The predicted octanol–water partition coefficient (Wildman–Crippen LogP) is 3.96. The fourth-order valence-electron chi connectivity index (χ4n) is 3.26. The van der Waals surface area contributed by atoms with E-state index in [9.17, 15) is 4.79 Å². The lowest BCUT2D eigenvalue weighted by atomic mass is 10.1. The second-order valence-corrected chi connectivity index (χ2v) is 6.55. The molecule has 0 aliphatic rings. The van der Waals surface area contributed by atoms with Crippen molar-refractivity contribution in [2.24, 2.45) is 0 Å². The van der Waals surface area contributed by atoms with Gasteiger partial charge in [-0.25, -0.2) is 0 Å². The highest BCUT2D eigenvalue weighted by atomic mass is 16.5. The number of H-pyrrole nitrogens is 1. The fraction of sp³-hybridized carbons (Fsp3) is 0.261. The van der Waals surface area contributed by atoms with Crippen LogP contribution in [0.2, 0.25) is 0 Å². The Kier molecular flexibility index (Phi) is 6.79. The molecule has 6 heteroatoms. The van der Waals surface area contributed by atoms with Gasteiger partial charge in [-0.05, 0) is 48.2 Å². The largest absolute Gasteiger partial charge is 0.493 e. The number of rotatable bonds is 9. The number of aromatic amines is 1. The summed E-state index contributed by atoms with van der Waals surface area (Å²) in [5, 5.41) is 4.16. The summed E-state index contributed by atoms with van der Waals surface area (Å²) in [6.07, 6.45) is 7.04. The molecule has 0 aliphatic carbocycles. The van der Waals surface area contributed by atoms with E-state index in [1.54, 1.807) is 39.5 Å². The first-order valence-corrected chi connectivity index (χ1v) is 9.47. The van der Waals surface area contributed by atoms with Gasteiger partial charge in [0.1, 0.15) is 0 Å². The quantitative estimate of drug-likeness (QED) is 0.426. The van der Waals surface area contributed by atoms with E-state index in [1.165, 1.54) is 17.0 Å². The highest BCUT2D eigenvalue weighted by molar-refractivity contribution is 5.92. The molecule has 3 rings (SSSR count). The van der Waals surface area contributed by atoms with E-state index in [2.05, 4.69) is 22.4 Å². The summed E-state index contributed by atoms with van der Waals surface area (Å²) in [5.41, 5.74) is 3.19. The van der Waals surface area contributed by atoms with Crippen molar-refractivity contribution < 1.29 is 19.0 Å². The molecule has 0 atom stereocenters. The van der Waals surface area contributed by atoms with Gasteiger partial charge in [-0.3, -0.25) is 4.79 Å². The summed E-state index contributed by atoms with van der Waals surface area (Å²) in [6, 6.07) is 11.8. The van der Waals surface area contributed by atoms with Gasteiger partial charge in [0.05, 0.1) is 21.3 Å². The normalized spacial score (nSPS) is 11.0. The van der Waals surface area contributed by atoms with Crippen LogP contribution >= 0.6 is 0 Å². The Morgan fingerprint density at radius 2 is 1.79 bits per heavy atom. The standard InChI is InChI=1S/C23H26N2O4/c1-27-20-13-16(14-21(28-2)23(20)29-3)10-11-22(26)24-12-6-7-17-15-25-19-9-5-4-8-18(17)19/h4-5,8-11,13-15,25H,6-7,12H2,1-3H3,(H,24,26)/b11-10+. The van der Waals surface area contributed by atoms with Gasteiger partial charge in [0.25, 0.3) is 0 Å². The molecule has 1 aromatic heterocycles. The van der Waals surface area contributed by atoms with Gasteiger partial charge in [0.15, 0.2) is 11.5 Å². The van der Waals surface area contributed by atoms with Gasteiger partial charge in [0.2, 0.25) is 11.7 Å². The minimum atomic E-state index is -0.141. The lowest BCUT2D eigenvalue weighted by molar-refractivity contribution is -0.116. The molecule has 0 radical (unpaired) electrons. The predicted molar refractivity (Wildman–Crippen MR) is 115 cm³/mol. The Morgan fingerprint density at radius 3 is 2.48 bits per heavy atom. The molecule has 2 aromatic carbocycles. The third-order valence-electron chi connectivity index (χ3n) is 4.71. The first kappa shape index (κ1) is 20.3. The average Bonchev–Trinajstić information content (AvgIpc) is 3.17. The van der Waals surface area contributed by atoms with Crippen molar-refractivity contribution in [1.29, 1.82) is 0 Å². The first-order valence-electron chi connectivity index (χ1n) is 9.47. The summed E-state index contributed by atoms with van der Waals surface area (Å²) in [6.45, 7) is 0.609. The number of carbonyl (C=O) groups excluding carboxylic acids is 1. The smallest absolute Gasteiger partial charge is 0.243 e. The lowest BCUT2D eigenvalue weighted by Gasteiger charge is -2.12. The number of hydrogen-bond donors (Lipinski definition) is 2. The number of fused-ring (bicyclic) bond motifs is 1. The molecule has 0 saturated heterocycles. The monoisotopic (exact) mass is 394 g/mol. The summed E-state index contributed by atoms with van der Waals surface area (Å²) in [4.78, 5) is 15.4. The van der Waals surface area contributed by atoms with Gasteiger partial charge in [-0.1, -0.05) is 18.2 Å². The van der Waals surface area contributed by atoms with Crippen LogP contribution in [0.4, 0.5) is 0 Å². The van der Waals surface area contributed by atoms with E-state index < -0.39 is 0 Å². The third-order valence-corrected chi connectivity index (χ3v) is 4.71. The maximum Gasteiger partial charge on any atom is 0.243 e. The van der Waals surface area contributed by atoms with Crippen molar-refractivity contribution in [2.75, 3.05) is 27.9 Å². The summed E-state index contributed by atoms with van der Waals surface area (Å²) in [7, 11) is 4.68. The molecule has 0 fully saturated rings. The van der Waals surface area contributed by atoms with E-state index in [-0.39, 0.29) is 5.91 Å². The van der Waals surface area contributed by atoms with Crippen molar-refractivity contribution >= 4 is 22.9 Å². The van der Waals surface area contributed by atoms with Gasteiger partial charge >= 0.3 is 0 Å². The lowest BCUT2D eigenvalue weighted by Crippen LogP contribution is -2.22. The maximum atomic E-state index is 12.1. The molecular formula is C23H26N2O4. The molecule has 0 spiro atoms. The van der Waals surface area contributed by atoms with Crippen molar-refractivity contribution in [3.63, 3.8) is 0 Å². The highest BCUT2D eigenvalue weighted by Crippen LogP contribution is 2.38. The van der Waals surface area contributed by atoms with Crippen LogP contribution in [0.1, 0.15) is 17.5 Å². The number of nitrogens with one attached hydrogen (secondary N) is 2. The number of aryl methyl sites for hydroxylation is 1. The number of carbonyl (C=O) groups is 1. The second-order valence-electron chi connectivity index (χ2n) is 6.55. The molecule has 2 N–H and O–H groups in total. The molecule has 0 aliphatic heterocycles. The zero-order chi connectivity index (χ0) is 20.6. The van der Waals surface area contributed by atoms with Gasteiger partial charge in [-0.15, -0.1) is 0 Å². The first-order chi connectivity index (χ1) is 14.2. The number of aromatic nitrogens is 1. The second kappa shape index (κ2) is 9.68. The van der Waals surface area contributed by atoms with Crippen LogP contribution < -0.4 is 19.5 Å². The number of hydrogen-bond acceptors (Lipinski definition) is 4. The Morgan fingerprint density at radius 1 is 1.07 bits per heavy atom. The molecule has 0 unspecified atom stereocenters. The third kappa shape index (κ3) is 4.90. The molecule has 1 amide bonds. The molecule has 0 bridgehead atoms. The molecule has 29 heavy (non-hydrogen) atoms. The summed E-state index contributed by atoms with van der Waals surface area (Å²) < 4.78 is 16.0. The van der Waals surface area contributed by atoms with Crippen molar-refractivity contribution in [2.45, 2.75) is 12.8 Å². The van der Waals surface area contributed by atoms with Crippen molar-refractivity contribution in [3.8, 4) is 17.2 Å². The van der Waals surface area contributed by atoms with Crippen LogP contribution in [0.3, 0.4) is 0 Å². The Bertz CT molecular complexity index is 982. The molecule has 152 valence electrons. The van der Waals surface area contributed by atoms with E-state index in [4.69, 9.17) is 14.2 Å². The Labute approximate surface area is 170 Å². The van der Waals surface area contributed by atoms with E-state index in [0.717, 1.165) is 23.9 Å². The van der Waals surface area contributed by atoms with E-state index in [1.807, 2.05) is 18.3 Å². The highest BCUT2D eigenvalue weighted by Gasteiger charge is 2.12. The maximum absolute atomic E-state index is 12.1. The van der Waals surface area contributed by atoms with Crippen LogP contribution in [0, 0.1) is 0 Å². The van der Waals surface area contributed by atoms with E-state index in [0.29, 0.717) is 23.8 Å². The number of methoxy groups -OCH3 is 3. The number of amides is 1. The summed E-state index contributed by atoms with van der Waals surface area (Å²) in [5.74, 6) is 1.47. The van der Waals surface area contributed by atoms with Crippen LogP contribution in [-0.4, -0.2) is 38.8 Å². The van der Waals surface area contributed by atoms with Gasteiger partial charge in [0, 0.05) is 29.7 Å². The van der Waals surface area contributed by atoms with Crippen LogP contribution in [0.5, 0.6) is 17.2 Å². The molecular weight excluding hydrogens is 368 g/mol. The minimum absolute atomic E-state index is 0.141. The Hall–Kier alpha value is -3.41. The van der Waals surface area contributed by atoms with Crippen molar-refractivity contribution in [3.05, 3.63) is 59.8 Å². The number of ether oxygens (including phenoxy) is 3. The van der Waals surface area contributed by atoms with Crippen LogP contribution in [-0.2, 0) is 11.2 Å². The number of para-hydroxylation sites is 1. The zero-order valence-electron chi connectivity index (χ0n) is 17.0. The van der Waals surface area contributed by atoms with E-state index >= 15 is 0 Å². The van der Waals surface area contributed by atoms with Crippen LogP contribution in [0.25, 0.3) is 17.0 Å². The average molecular weight is 394 g/mol. The Balaban J connectivity index is 1.53.